The van der Waals surface area contributed by atoms with Crippen LogP contribution in [0.25, 0.3) is 0 Å². The molecule has 0 heterocycles. The zero-order valence-electron chi connectivity index (χ0n) is 7.53. The van der Waals surface area contributed by atoms with E-state index in [4.69, 9.17) is 9.05 Å². The quantitative estimate of drug-likeness (QED) is 0.477. The fourth-order valence-corrected chi connectivity index (χ4v) is 1.95. The van der Waals surface area contributed by atoms with Crippen molar-refractivity contribution in [1.82, 2.24) is 0 Å². The summed E-state index contributed by atoms with van der Waals surface area (Å²) < 4.78 is 21.5. The zero-order chi connectivity index (χ0) is 9.45. The molecule has 0 radical (unpaired) electrons. The van der Waals surface area contributed by atoms with Gasteiger partial charge in [-0.05, 0) is 13.8 Å². The van der Waals surface area contributed by atoms with Crippen LogP contribution in [-0.4, -0.2) is 13.2 Å². The zero-order valence-corrected chi connectivity index (χ0v) is 8.42. The van der Waals surface area contributed by atoms with Gasteiger partial charge in [-0.15, -0.1) is 0 Å². The summed E-state index contributed by atoms with van der Waals surface area (Å²) in [5.41, 5.74) is 0. The summed E-state index contributed by atoms with van der Waals surface area (Å²) >= 11 is 0. The summed E-state index contributed by atoms with van der Waals surface area (Å²) in [6, 6.07) is 0. The van der Waals surface area contributed by atoms with Crippen molar-refractivity contribution in [2.45, 2.75) is 13.8 Å². The van der Waals surface area contributed by atoms with Crippen LogP contribution in [-0.2, 0) is 13.6 Å². The summed E-state index contributed by atoms with van der Waals surface area (Å²) in [4.78, 5) is 0. The topological polar surface area (TPSA) is 35.5 Å². The molecule has 0 bridgehead atoms. The van der Waals surface area contributed by atoms with Gasteiger partial charge in [-0.1, -0.05) is 18.7 Å². The fraction of sp³-hybridized carbons (Fsp3) is 0.500. The molecule has 0 aromatic heterocycles. The Morgan fingerprint density at radius 1 is 1.33 bits per heavy atom. The monoisotopic (exact) mass is 190 g/mol. The Kier molecular flexibility index (Phi) is 5.99. The number of rotatable bonds is 6. The van der Waals surface area contributed by atoms with Crippen molar-refractivity contribution < 1.29 is 13.6 Å². The Hall–Kier alpha value is -0.370. The van der Waals surface area contributed by atoms with E-state index < -0.39 is 7.60 Å². The van der Waals surface area contributed by atoms with E-state index in [1.54, 1.807) is 19.9 Å². The molecule has 0 aromatic rings. The van der Waals surface area contributed by atoms with Crippen molar-refractivity contribution in [2.24, 2.45) is 0 Å². The third-order valence-corrected chi connectivity index (χ3v) is 2.80. The molecule has 0 fully saturated rings. The van der Waals surface area contributed by atoms with Crippen LogP contribution in [0, 0.1) is 0 Å². The molecule has 3 nitrogen and oxygen atoms in total. The van der Waals surface area contributed by atoms with Crippen molar-refractivity contribution in [3.05, 3.63) is 24.5 Å². The second kappa shape index (κ2) is 6.18. The van der Waals surface area contributed by atoms with Gasteiger partial charge in [0.1, 0.15) is 0 Å². The normalized spacial score (nSPS) is 12.2. The van der Waals surface area contributed by atoms with Gasteiger partial charge in [0.15, 0.2) is 0 Å². The molecule has 0 spiro atoms. The molecule has 0 rings (SSSR count). The second-order valence-electron chi connectivity index (χ2n) is 1.95. The minimum atomic E-state index is -2.99. The lowest BCUT2D eigenvalue weighted by Crippen LogP contribution is -1.92. The van der Waals surface area contributed by atoms with Crippen LogP contribution >= 0.6 is 7.60 Å². The van der Waals surface area contributed by atoms with Gasteiger partial charge in [0.2, 0.25) is 0 Å². The molecule has 0 amide bonds. The van der Waals surface area contributed by atoms with E-state index in [1.807, 2.05) is 0 Å². The maximum Gasteiger partial charge on any atom is 0.354 e. The first-order chi connectivity index (χ1) is 5.68. The van der Waals surface area contributed by atoms with Crippen LogP contribution in [0.4, 0.5) is 0 Å². The van der Waals surface area contributed by atoms with Gasteiger partial charge in [0.25, 0.3) is 0 Å². The summed E-state index contributed by atoms with van der Waals surface area (Å²) in [7, 11) is -2.99. The molecule has 0 aromatic carbocycles. The predicted octanol–water partition coefficient (Wildman–Crippen LogP) is 2.95. The molecule has 0 unspecified atom stereocenters. The Morgan fingerprint density at radius 3 is 2.17 bits per heavy atom. The third-order valence-electron chi connectivity index (χ3n) is 1.02. The highest BCUT2D eigenvalue weighted by atomic mass is 31.2. The van der Waals surface area contributed by atoms with E-state index in [1.165, 1.54) is 11.9 Å². The Bertz CT molecular complexity index is 188. The molecule has 0 aliphatic carbocycles. The predicted molar refractivity (Wildman–Crippen MR) is 50.2 cm³/mol. The lowest BCUT2D eigenvalue weighted by Gasteiger charge is -2.11. The van der Waals surface area contributed by atoms with E-state index in [0.29, 0.717) is 13.2 Å². The van der Waals surface area contributed by atoms with Gasteiger partial charge < -0.3 is 9.05 Å². The fourth-order valence-electron chi connectivity index (χ4n) is 0.649. The highest BCUT2D eigenvalue weighted by molar-refractivity contribution is 7.57. The Labute approximate surface area is 73.6 Å². The molecule has 0 aliphatic rings. The van der Waals surface area contributed by atoms with Gasteiger partial charge in [-0.25, -0.2) is 0 Å². The van der Waals surface area contributed by atoms with E-state index in [9.17, 15) is 4.57 Å². The average molecular weight is 190 g/mol. The first-order valence-corrected chi connectivity index (χ1v) is 5.48. The molecule has 70 valence electrons. The number of hydrogen-bond acceptors (Lipinski definition) is 3. The molecule has 4 heteroatoms. The summed E-state index contributed by atoms with van der Waals surface area (Å²) in [5, 5.41) is 0. The highest BCUT2D eigenvalue weighted by Gasteiger charge is 2.17. The smallest absolute Gasteiger partial charge is 0.306 e. The van der Waals surface area contributed by atoms with Crippen molar-refractivity contribution in [3.8, 4) is 0 Å². The SMILES string of the molecule is C=C/C=C/P(=O)(OCC)OCC. The van der Waals surface area contributed by atoms with Crippen molar-refractivity contribution >= 4 is 7.60 Å². The van der Waals surface area contributed by atoms with Crippen LogP contribution in [0.3, 0.4) is 0 Å². The van der Waals surface area contributed by atoms with E-state index in [-0.39, 0.29) is 0 Å². The molecule has 0 aliphatic heterocycles. The van der Waals surface area contributed by atoms with Gasteiger partial charge in [0, 0.05) is 5.82 Å². The van der Waals surface area contributed by atoms with Crippen LogP contribution in [0.5, 0.6) is 0 Å². The van der Waals surface area contributed by atoms with Gasteiger partial charge in [-0.2, -0.15) is 0 Å². The summed E-state index contributed by atoms with van der Waals surface area (Å²) in [6.07, 6.45) is 3.09. The standard InChI is InChI=1S/C8H15O3P/c1-4-7-8-12(9,10-5-2)11-6-3/h4,7-8H,1,5-6H2,2-3H3/b8-7+. The van der Waals surface area contributed by atoms with Crippen LogP contribution in [0.15, 0.2) is 24.5 Å². The lowest BCUT2D eigenvalue weighted by atomic mass is 10.6. The van der Waals surface area contributed by atoms with E-state index >= 15 is 0 Å². The Balaban J connectivity index is 4.27. The van der Waals surface area contributed by atoms with Gasteiger partial charge in [-0.3, -0.25) is 4.57 Å². The van der Waals surface area contributed by atoms with Crippen molar-refractivity contribution in [3.63, 3.8) is 0 Å². The molecule has 12 heavy (non-hydrogen) atoms. The lowest BCUT2D eigenvalue weighted by molar-refractivity contribution is 0.229. The van der Waals surface area contributed by atoms with Gasteiger partial charge in [0.05, 0.1) is 13.2 Å². The largest absolute Gasteiger partial charge is 0.354 e. The minimum absolute atomic E-state index is 0.374. The van der Waals surface area contributed by atoms with Crippen molar-refractivity contribution in [2.75, 3.05) is 13.2 Å². The van der Waals surface area contributed by atoms with E-state index in [0.717, 1.165) is 0 Å². The van der Waals surface area contributed by atoms with Crippen LogP contribution < -0.4 is 0 Å². The minimum Gasteiger partial charge on any atom is -0.306 e. The van der Waals surface area contributed by atoms with Crippen LogP contribution in [0.1, 0.15) is 13.8 Å². The van der Waals surface area contributed by atoms with Gasteiger partial charge >= 0.3 is 7.60 Å². The molecule has 0 N–H and O–H groups in total. The first kappa shape index (κ1) is 11.6. The average Bonchev–Trinajstić information content (AvgIpc) is 2.02. The molecular weight excluding hydrogens is 175 g/mol. The molecule has 0 saturated heterocycles. The maximum absolute atomic E-state index is 11.6. The number of hydrogen-bond donors (Lipinski definition) is 0. The Morgan fingerprint density at radius 2 is 1.83 bits per heavy atom. The summed E-state index contributed by atoms with van der Waals surface area (Å²) in [6.45, 7) is 7.76. The maximum atomic E-state index is 11.6. The summed E-state index contributed by atoms with van der Waals surface area (Å²) in [5.74, 6) is 1.41. The molecule has 0 saturated carbocycles. The highest BCUT2D eigenvalue weighted by Crippen LogP contribution is 2.49. The number of allylic oxidation sites excluding steroid dienone is 2. The molecule has 0 atom stereocenters. The molecular formula is C8H15O3P. The first-order valence-electron chi connectivity index (χ1n) is 3.87. The van der Waals surface area contributed by atoms with Crippen LogP contribution in [0.2, 0.25) is 0 Å². The third kappa shape index (κ3) is 4.50. The van der Waals surface area contributed by atoms with Crippen molar-refractivity contribution in [1.29, 1.82) is 0 Å². The van der Waals surface area contributed by atoms with E-state index in [2.05, 4.69) is 6.58 Å². The second-order valence-corrected chi connectivity index (χ2v) is 3.85.